The van der Waals surface area contributed by atoms with Crippen LogP contribution in [0.1, 0.15) is 51.4 Å². The van der Waals surface area contributed by atoms with Crippen molar-refractivity contribution in [1.29, 1.82) is 0 Å². The second-order valence-corrected chi connectivity index (χ2v) is 9.51. The first-order chi connectivity index (χ1) is 13.0. The van der Waals surface area contributed by atoms with Crippen molar-refractivity contribution in [2.24, 2.45) is 0 Å². The van der Waals surface area contributed by atoms with Crippen molar-refractivity contribution in [3.8, 4) is 0 Å². The van der Waals surface area contributed by atoms with Crippen molar-refractivity contribution in [2.75, 3.05) is 59.9 Å². The summed E-state index contributed by atoms with van der Waals surface area (Å²) >= 11 is 0. The van der Waals surface area contributed by atoms with E-state index in [1.807, 2.05) is 4.90 Å². The van der Waals surface area contributed by atoms with E-state index in [0.717, 1.165) is 58.0 Å². The van der Waals surface area contributed by atoms with E-state index in [1.165, 1.54) is 45.2 Å². The fourth-order valence-corrected chi connectivity index (χ4v) is 5.61. The number of amides is 1. The van der Waals surface area contributed by atoms with E-state index >= 15 is 0 Å². The Labute approximate surface area is 164 Å². The molecule has 4 rings (SSSR count). The molecule has 0 N–H and O–H groups in total. The molecule has 0 aromatic rings. The molecule has 0 aromatic carbocycles. The van der Waals surface area contributed by atoms with E-state index in [1.54, 1.807) is 0 Å². The molecule has 6 nitrogen and oxygen atoms in total. The molecular formula is C21H38N4O2. The van der Waals surface area contributed by atoms with Gasteiger partial charge in [-0.05, 0) is 52.9 Å². The highest BCUT2D eigenvalue weighted by Crippen LogP contribution is 2.36. The van der Waals surface area contributed by atoms with Crippen LogP contribution >= 0.6 is 0 Å². The van der Waals surface area contributed by atoms with Gasteiger partial charge in [-0.15, -0.1) is 0 Å². The quantitative estimate of drug-likeness (QED) is 0.709. The van der Waals surface area contributed by atoms with Gasteiger partial charge in [0.1, 0.15) is 5.60 Å². The zero-order valence-electron chi connectivity index (χ0n) is 17.4. The number of rotatable bonds is 6. The first-order valence-electron chi connectivity index (χ1n) is 11.2. The molecule has 0 aromatic heterocycles. The summed E-state index contributed by atoms with van der Waals surface area (Å²) in [6, 6.07) is 1.48. The zero-order valence-corrected chi connectivity index (χ0v) is 17.4. The van der Waals surface area contributed by atoms with E-state index < -0.39 is 0 Å². The summed E-state index contributed by atoms with van der Waals surface area (Å²) in [4.78, 5) is 21.9. The predicted octanol–water partition coefficient (Wildman–Crippen LogP) is 2.24. The Morgan fingerprint density at radius 1 is 1.07 bits per heavy atom. The lowest BCUT2D eigenvalue weighted by Crippen LogP contribution is -2.49. The molecule has 0 radical (unpaired) electrons. The molecule has 3 heterocycles. The molecule has 154 valence electrons. The second kappa shape index (κ2) is 8.26. The van der Waals surface area contributed by atoms with Crippen LogP contribution < -0.4 is 0 Å². The third kappa shape index (κ3) is 4.43. The summed E-state index contributed by atoms with van der Waals surface area (Å²) in [6.45, 7) is 7.31. The molecule has 6 heteroatoms. The van der Waals surface area contributed by atoms with Crippen LogP contribution in [0.4, 0.5) is 4.79 Å². The Morgan fingerprint density at radius 3 is 2.48 bits per heavy atom. The number of likely N-dealkylation sites (N-methyl/N-ethyl adjacent to an activating group) is 1. The summed E-state index contributed by atoms with van der Waals surface area (Å²) in [6.07, 6.45) is 9.79. The van der Waals surface area contributed by atoms with Crippen LogP contribution in [0.15, 0.2) is 0 Å². The van der Waals surface area contributed by atoms with Gasteiger partial charge in [0.25, 0.3) is 0 Å². The highest BCUT2D eigenvalue weighted by atomic mass is 16.6. The summed E-state index contributed by atoms with van der Waals surface area (Å²) in [5.74, 6) is 0. The van der Waals surface area contributed by atoms with Crippen molar-refractivity contribution in [1.82, 2.24) is 19.6 Å². The van der Waals surface area contributed by atoms with Gasteiger partial charge < -0.3 is 24.3 Å². The van der Waals surface area contributed by atoms with Gasteiger partial charge in [-0.1, -0.05) is 12.8 Å². The van der Waals surface area contributed by atoms with Gasteiger partial charge in [-0.3, -0.25) is 0 Å². The van der Waals surface area contributed by atoms with Crippen LogP contribution in [0, 0.1) is 0 Å². The maximum atomic E-state index is 12.4. The number of ether oxygens (including phenoxy) is 1. The van der Waals surface area contributed by atoms with E-state index in [0.29, 0.717) is 6.04 Å². The fraction of sp³-hybridized carbons (Fsp3) is 0.952. The van der Waals surface area contributed by atoms with Gasteiger partial charge in [0.2, 0.25) is 0 Å². The Kier molecular flexibility index (Phi) is 5.95. The number of hydrogen-bond acceptors (Lipinski definition) is 5. The van der Waals surface area contributed by atoms with E-state index in [2.05, 4.69) is 28.8 Å². The molecule has 3 saturated heterocycles. The molecule has 4 fully saturated rings. The molecule has 1 amide bonds. The molecule has 1 atom stereocenters. The molecule has 1 saturated carbocycles. The first-order valence-corrected chi connectivity index (χ1v) is 11.2. The average Bonchev–Trinajstić information content (AvgIpc) is 3.38. The number of nitrogens with zero attached hydrogens (tertiary/aromatic N) is 4. The standard InChI is InChI=1S/C21H38N4O2/c1-22(2)19-8-13-23(16-19)11-5-12-25-17-21(27-20(25)26)9-14-24(15-10-21)18-6-3-4-7-18/h18-19H,3-17H2,1-2H3/t19-/m1/s1. The summed E-state index contributed by atoms with van der Waals surface area (Å²) < 4.78 is 5.92. The largest absolute Gasteiger partial charge is 0.441 e. The second-order valence-electron chi connectivity index (χ2n) is 9.51. The number of carbonyl (C=O) groups is 1. The third-order valence-corrected chi connectivity index (χ3v) is 7.47. The van der Waals surface area contributed by atoms with Gasteiger partial charge in [-0.2, -0.15) is 0 Å². The summed E-state index contributed by atoms with van der Waals surface area (Å²) in [5.41, 5.74) is -0.199. The molecular weight excluding hydrogens is 340 g/mol. The topological polar surface area (TPSA) is 39.3 Å². The molecule has 27 heavy (non-hydrogen) atoms. The van der Waals surface area contributed by atoms with E-state index in [9.17, 15) is 4.79 Å². The lowest BCUT2D eigenvalue weighted by atomic mass is 9.90. The number of hydrogen-bond donors (Lipinski definition) is 0. The lowest BCUT2D eigenvalue weighted by molar-refractivity contribution is -0.00941. The van der Waals surface area contributed by atoms with E-state index in [-0.39, 0.29) is 11.7 Å². The van der Waals surface area contributed by atoms with Crippen LogP contribution in [-0.4, -0.2) is 103 Å². The van der Waals surface area contributed by atoms with Gasteiger partial charge in [-0.25, -0.2) is 4.79 Å². The molecule has 1 spiro atoms. The number of carbonyl (C=O) groups excluding carboxylic acids is 1. The SMILES string of the molecule is CN(C)[C@@H]1CCN(CCCN2CC3(CCN(C4CCCC4)CC3)OC2=O)C1. The fourth-order valence-electron chi connectivity index (χ4n) is 5.61. The minimum Gasteiger partial charge on any atom is -0.441 e. The number of piperidine rings is 1. The van der Waals surface area contributed by atoms with Gasteiger partial charge in [0, 0.05) is 51.1 Å². The Bertz CT molecular complexity index is 512. The number of likely N-dealkylation sites (tertiary alicyclic amines) is 2. The van der Waals surface area contributed by atoms with Crippen LogP contribution in [-0.2, 0) is 4.74 Å². The van der Waals surface area contributed by atoms with Gasteiger partial charge in [0.15, 0.2) is 0 Å². The average molecular weight is 379 g/mol. The molecule has 0 bridgehead atoms. The van der Waals surface area contributed by atoms with Gasteiger partial charge in [0.05, 0.1) is 6.54 Å². The van der Waals surface area contributed by atoms with Crippen molar-refractivity contribution in [2.45, 2.75) is 69.1 Å². The minimum atomic E-state index is -0.199. The molecule has 0 unspecified atom stereocenters. The third-order valence-electron chi connectivity index (χ3n) is 7.47. The highest BCUT2D eigenvalue weighted by Gasteiger charge is 2.47. The smallest absolute Gasteiger partial charge is 0.410 e. The van der Waals surface area contributed by atoms with Crippen LogP contribution in [0.2, 0.25) is 0 Å². The van der Waals surface area contributed by atoms with Crippen molar-refractivity contribution < 1.29 is 9.53 Å². The lowest BCUT2D eigenvalue weighted by Gasteiger charge is -2.40. The van der Waals surface area contributed by atoms with Crippen LogP contribution in [0.5, 0.6) is 0 Å². The van der Waals surface area contributed by atoms with Crippen molar-refractivity contribution in [3.63, 3.8) is 0 Å². The molecule has 4 aliphatic rings. The maximum absolute atomic E-state index is 12.4. The van der Waals surface area contributed by atoms with E-state index in [4.69, 9.17) is 4.74 Å². The van der Waals surface area contributed by atoms with Crippen molar-refractivity contribution >= 4 is 6.09 Å². The molecule has 3 aliphatic heterocycles. The minimum absolute atomic E-state index is 0.0723. The van der Waals surface area contributed by atoms with Gasteiger partial charge >= 0.3 is 6.09 Å². The first kappa shape index (κ1) is 19.5. The van der Waals surface area contributed by atoms with Crippen LogP contribution in [0.25, 0.3) is 0 Å². The monoisotopic (exact) mass is 378 g/mol. The Morgan fingerprint density at radius 2 is 1.81 bits per heavy atom. The van der Waals surface area contributed by atoms with Crippen molar-refractivity contribution in [3.05, 3.63) is 0 Å². The summed E-state index contributed by atoms with van der Waals surface area (Å²) in [5, 5.41) is 0. The Balaban J connectivity index is 1.19. The van der Waals surface area contributed by atoms with Crippen LogP contribution in [0.3, 0.4) is 0 Å². The molecule has 1 aliphatic carbocycles. The normalized spacial score (nSPS) is 30.1. The maximum Gasteiger partial charge on any atom is 0.410 e. The highest BCUT2D eigenvalue weighted by molar-refractivity contribution is 5.70. The summed E-state index contributed by atoms with van der Waals surface area (Å²) in [7, 11) is 4.34. The predicted molar refractivity (Wildman–Crippen MR) is 107 cm³/mol. The Hall–Kier alpha value is -0.850. The zero-order chi connectivity index (χ0) is 18.9.